The van der Waals surface area contributed by atoms with Crippen molar-refractivity contribution in [3.63, 3.8) is 0 Å². The van der Waals surface area contributed by atoms with E-state index in [1.165, 1.54) is 0 Å². The van der Waals surface area contributed by atoms with Crippen LogP contribution < -0.4 is 10.6 Å². The number of hydrogen-bond donors (Lipinski definition) is 2. The maximum Gasteiger partial charge on any atom is 0.188 e. The minimum Gasteiger partial charge on any atom is -0.358 e. The maximum absolute atomic E-state index is 5.28. The second kappa shape index (κ2) is 5.31. The molecular weight excluding hydrogens is 250 g/mol. The van der Waals surface area contributed by atoms with Crippen LogP contribution in [0.4, 0.5) is 5.13 Å². The summed E-state index contributed by atoms with van der Waals surface area (Å²) < 4.78 is 0. The van der Waals surface area contributed by atoms with Gasteiger partial charge >= 0.3 is 0 Å². The van der Waals surface area contributed by atoms with E-state index >= 15 is 0 Å². The second-order valence-corrected chi connectivity index (χ2v) is 7.34. The van der Waals surface area contributed by atoms with E-state index in [-0.39, 0.29) is 11.0 Å². The zero-order valence-corrected chi connectivity index (χ0v) is 12.8. The summed E-state index contributed by atoms with van der Waals surface area (Å²) in [6, 6.07) is 0. The summed E-state index contributed by atoms with van der Waals surface area (Å²) in [4.78, 5) is 4.14. The Bertz CT molecular complexity index is 364. The first-order chi connectivity index (χ1) is 7.68. The molecule has 5 heteroatoms. The Morgan fingerprint density at radius 1 is 1.35 bits per heavy atom. The van der Waals surface area contributed by atoms with Crippen molar-refractivity contribution in [1.29, 1.82) is 0 Å². The number of nitrogens with zero attached hydrogens (tertiary/aromatic N) is 1. The number of thiocarbonyl (C=S) groups is 1. The molecule has 0 aliphatic rings. The third-order valence-corrected chi connectivity index (χ3v) is 2.97. The first-order valence-corrected chi connectivity index (χ1v) is 6.95. The molecule has 0 saturated heterocycles. The SMILES string of the molecule is CC(C)(C)CC(C)(C)NC(=S)Nc1nccs1. The molecule has 0 radical (unpaired) electrons. The van der Waals surface area contributed by atoms with E-state index in [4.69, 9.17) is 12.2 Å². The van der Waals surface area contributed by atoms with Crippen LogP contribution in [0.5, 0.6) is 0 Å². The van der Waals surface area contributed by atoms with Gasteiger partial charge in [0.15, 0.2) is 10.2 Å². The number of rotatable bonds is 3. The Hall–Kier alpha value is -0.680. The average molecular weight is 271 g/mol. The van der Waals surface area contributed by atoms with Gasteiger partial charge in [-0.25, -0.2) is 4.98 Å². The fourth-order valence-corrected chi connectivity index (χ4v) is 3.06. The van der Waals surface area contributed by atoms with Gasteiger partial charge in [-0.05, 0) is 37.9 Å². The molecule has 0 aliphatic carbocycles. The first kappa shape index (κ1) is 14.4. The van der Waals surface area contributed by atoms with Crippen LogP contribution in [0.25, 0.3) is 0 Å². The molecule has 0 aromatic carbocycles. The average Bonchev–Trinajstić information content (AvgIpc) is 2.49. The van der Waals surface area contributed by atoms with Crippen LogP contribution in [0.15, 0.2) is 11.6 Å². The van der Waals surface area contributed by atoms with E-state index in [1.807, 2.05) is 5.38 Å². The van der Waals surface area contributed by atoms with Crippen molar-refractivity contribution >= 4 is 33.8 Å². The molecule has 1 aromatic rings. The molecule has 0 saturated carbocycles. The highest BCUT2D eigenvalue weighted by molar-refractivity contribution is 7.80. The van der Waals surface area contributed by atoms with E-state index in [2.05, 4.69) is 50.2 Å². The monoisotopic (exact) mass is 271 g/mol. The van der Waals surface area contributed by atoms with Crippen LogP contribution >= 0.6 is 23.6 Å². The van der Waals surface area contributed by atoms with Crippen molar-refractivity contribution in [3.8, 4) is 0 Å². The highest BCUT2D eigenvalue weighted by Crippen LogP contribution is 2.26. The largest absolute Gasteiger partial charge is 0.358 e. The summed E-state index contributed by atoms with van der Waals surface area (Å²) in [5.41, 5.74) is 0.243. The van der Waals surface area contributed by atoms with E-state index in [1.54, 1.807) is 17.5 Å². The molecule has 0 amide bonds. The Morgan fingerprint density at radius 2 is 2.00 bits per heavy atom. The van der Waals surface area contributed by atoms with Crippen molar-refractivity contribution in [2.24, 2.45) is 5.41 Å². The number of aromatic nitrogens is 1. The Morgan fingerprint density at radius 3 is 2.47 bits per heavy atom. The van der Waals surface area contributed by atoms with Crippen molar-refractivity contribution in [1.82, 2.24) is 10.3 Å². The van der Waals surface area contributed by atoms with Gasteiger partial charge in [-0.2, -0.15) is 0 Å². The molecule has 1 rings (SSSR count). The summed E-state index contributed by atoms with van der Waals surface area (Å²) in [7, 11) is 0. The standard InChI is InChI=1S/C12H21N3S2/c1-11(2,3)8-12(4,5)15-9(16)14-10-13-6-7-17-10/h6-7H,8H2,1-5H3,(H2,13,14,15,16). The molecule has 1 heterocycles. The first-order valence-electron chi connectivity index (χ1n) is 5.67. The molecular formula is C12H21N3S2. The normalized spacial score (nSPS) is 12.3. The summed E-state index contributed by atoms with van der Waals surface area (Å²) in [6.45, 7) is 11.0. The number of nitrogens with one attached hydrogen (secondary N) is 2. The third kappa shape index (κ3) is 5.98. The van der Waals surface area contributed by atoms with Crippen LogP contribution in [-0.2, 0) is 0 Å². The summed E-state index contributed by atoms with van der Waals surface area (Å²) in [5, 5.41) is 9.81. The van der Waals surface area contributed by atoms with E-state index in [9.17, 15) is 0 Å². The predicted octanol–water partition coefficient (Wildman–Crippen LogP) is 3.64. The van der Waals surface area contributed by atoms with Crippen LogP contribution in [0, 0.1) is 5.41 Å². The van der Waals surface area contributed by atoms with Gasteiger partial charge in [0.05, 0.1) is 0 Å². The van der Waals surface area contributed by atoms with E-state index in [0.29, 0.717) is 5.11 Å². The molecule has 96 valence electrons. The zero-order chi connectivity index (χ0) is 13.1. The minimum atomic E-state index is -0.0282. The lowest BCUT2D eigenvalue weighted by atomic mass is 9.82. The molecule has 0 spiro atoms. The molecule has 1 aromatic heterocycles. The lowest BCUT2D eigenvalue weighted by Crippen LogP contribution is -2.47. The minimum absolute atomic E-state index is 0.0282. The fraction of sp³-hybridized carbons (Fsp3) is 0.667. The van der Waals surface area contributed by atoms with Crippen molar-refractivity contribution in [2.45, 2.75) is 46.6 Å². The van der Waals surface area contributed by atoms with Crippen LogP contribution in [0.2, 0.25) is 0 Å². The Labute approximate surface area is 113 Å². The van der Waals surface area contributed by atoms with Gasteiger partial charge in [0.1, 0.15) is 0 Å². The molecule has 0 aliphatic heterocycles. The van der Waals surface area contributed by atoms with Gasteiger partial charge in [0.2, 0.25) is 0 Å². The molecule has 0 unspecified atom stereocenters. The second-order valence-electron chi connectivity index (χ2n) is 6.04. The zero-order valence-electron chi connectivity index (χ0n) is 11.1. The smallest absolute Gasteiger partial charge is 0.188 e. The van der Waals surface area contributed by atoms with Gasteiger partial charge in [0.25, 0.3) is 0 Å². The molecule has 17 heavy (non-hydrogen) atoms. The van der Waals surface area contributed by atoms with Crippen molar-refractivity contribution < 1.29 is 0 Å². The van der Waals surface area contributed by atoms with Crippen LogP contribution in [0.3, 0.4) is 0 Å². The number of anilines is 1. The Kier molecular flexibility index (Phi) is 4.49. The van der Waals surface area contributed by atoms with Gasteiger partial charge in [-0.15, -0.1) is 11.3 Å². The fourth-order valence-electron chi connectivity index (χ4n) is 2.09. The molecule has 0 bridgehead atoms. The summed E-state index contributed by atoms with van der Waals surface area (Å²) >= 11 is 6.82. The van der Waals surface area contributed by atoms with Crippen molar-refractivity contribution in [2.75, 3.05) is 5.32 Å². The van der Waals surface area contributed by atoms with Gasteiger partial charge in [0, 0.05) is 17.1 Å². The third-order valence-electron chi connectivity index (χ3n) is 2.08. The van der Waals surface area contributed by atoms with Gasteiger partial charge < -0.3 is 10.6 Å². The number of thiazole rings is 1. The van der Waals surface area contributed by atoms with E-state index < -0.39 is 0 Å². The highest BCUT2D eigenvalue weighted by atomic mass is 32.1. The molecule has 0 fully saturated rings. The summed E-state index contributed by atoms with van der Waals surface area (Å²) in [6.07, 6.45) is 2.80. The van der Waals surface area contributed by atoms with Crippen molar-refractivity contribution in [3.05, 3.63) is 11.6 Å². The summed E-state index contributed by atoms with van der Waals surface area (Å²) in [5.74, 6) is 0. The molecule has 0 atom stereocenters. The lowest BCUT2D eigenvalue weighted by molar-refractivity contribution is 0.268. The maximum atomic E-state index is 5.28. The van der Waals surface area contributed by atoms with Crippen LogP contribution in [-0.4, -0.2) is 15.6 Å². The quantitative estimate of drug-likeness (QED) is 0.823. The topological polar surface area (TPSA) is 37.0 Å². The lowest BCUT2D eigenvalue weighted by Gasteiger charge is -2.34. The molecule has 2 N–H and O–H groups in total. The highest BCUT2D eigenvalue weighted by Gasteiger charge is 2.25. The van der Waals surface area contributed by atoms with Crippen LogP contribution in [0.1, 0.15) is 41.0 Å². The molecule has 3 nitrogen and oxygen atoms in total. The Balaban J connectivity index is 2.50. The van der Waals surface area contributed by atoms with Gasteiger partial charge in [-0.1, -0.05) is 20.8 Å². The number of hydrogen-bond acceptors (Lipinski definition) is 3. The van der Waals surface area contributed by atoms with Gasteiger partial charge in [-0.3, -0.25) is 0 Å². The van der Waals surface area contributed by atoms with E-state index in [0.717, 1.165) is 11.6 Å². The predicted molar refractivity (Wildman–Crippen MR) is 79.6 cm³/mol.